The Morgan fingerprint density at radius 1 is 1.28 bits per heavy atom. The van der Waals surface area contributed by atoms with Gasteiger partial charge in [-0.1, -0.05) is 35.8 Å². The summed E-state index contributed by atoms with van der Waals surface area (Å²) in [5.41, 5.74) is 0. The van der Waals surface area contributed by atoms with Crippen LogP contribution >= 0.6 is 15.9 Å². The third-order valence-corrected chi connectivity index (χ3v) is 3.27. The fraction of sp³-hybridized carbons (Fsp3) is 0.571. The summed E-state index contributed by atoms with van der Waals surface area (Å²) in [7, 11) is 0. The van der Waals surface area contributed by atoms with Crippen molar-refractivity contribution < 1.29 is 4.74 Å². The zero-order valence-corrected chi connectivity index (χ0v) is 12.9. The van der Waals surface area contributed by atoms with Gasteiger partial charge in [0, 0.05) is 24.1 Å². The number of benzene rings is 1. The second-order valence-corrected chi connectivity index (χ2v) is 5.01. The van der Waals surface area contributed by atoms with E-state index >= 15 is 0 Å². The zero-order chi connectivity index (χ0) is 13.2. The standard InChI is InChI=1S/C14H23BrN2O/c1-3-16-8-9-17(4-2)10-11-18-14-7-5-6-13(15)12-14/h5-7,12,16H,3-4,8-11H2,1-2H3. The number of rotatable bonds is 9. The second-order valence-electron chi connectivity index (χ2n) is 4.09. The molecule has 18 heavy (non-hydrogen) atoms. The normalized spacial score (nSPS) is 10.9. The highest BCUT2D eigenvalue weighted by Crippen LogP contribution is 2.17. The molecule has 1 N–H and O–H groups in total. The van der Waals surface area contributed by atoms with Gasteiger partial charge in [-0.3, -0.25) is 4.90 Å². The first-order valence-electron chi connectivity index (χ1n) is 6.57. The van der Waals surface area contributed by atoms with Gasteiger partial charge in [0.05, 0.1) is 0 Å². The van der Waals surface area contributed by atoms with Gasteiger partial charge < -0.3 is 10.1 Å². The molecule has 0 fully saturated rings. The first kappa shape index (κ1) is 15.5. The number of ether oxygens (including phenoxy) is 1. The van der Waals surface area contributed by atoms with Crippen LogP contribution in [0.2, 0.25) is 0 Å². The summed E-state index contributed by atoms with van der Waals surface area (Å²) in [6, 6.07) is 7.97. The maximum absolute atomic E-state index is 5.73. The van der Waals surface area contributed by atoms with Gasteiger partial charge in [-0.2, -0.15) is 0 Å². The Bertz CT molecular complexity index is 333. The molecular weight excluding hydrogens is 292 g/mol. The average Bonchev–Trinajstić information content (AvgIpc) is 2.37. The molecule has 1 rings (SSSR count). The highest BCUT2D eigenvalue weighted by Gasteiger charge is 2.02. The average molecular weight is 315 g/mol. The number of hydrogen-bond donors (Lipinski definition) is 1. The van der Waals surface area contributed by atoms with Crippen molar-refractivity contribution in [3.05, 3.63) is 28.7 Å². The van der Waals surface area contributed by atoms with E-state index in [9.17, 15) is 0 Å². The van der Waals surface area contributed by atoms with Crippen LogP contribution in [0, 0.1) is 0 Å². The number of hydrogen-bond acceptors (Lipinski definition) is 3. The molecule has 0 aliphatic heterocycles. The Balaban J connectivity index is 2.22. The molecule has 0 radical (unpaired) electrons. The molecule has 0 aliphatic carbocycles. The van der Waals surface area contributed by atoms with Crippen LogP contribution in [0.15, 0.2) is 28.7 Å². The lowest BCUT2D eigenvalue weighted by molar-refractivity contribution is 0.216. The van der Waals surface area contributed by atoms with Crippen molar-refractivity contribution in [1.82, 2.24) is 10.2 Å². The van der Waals surface area contributed by atoms with E-state index in [0.717, 1.165) is 49.6 Å². The SMILES string of the molecule is CCNCCN(CC)CCOc1cccc(Br)c1. The van der Waals surface area contributed by atoms with Crippen LogP contribution in [-0.4, -0.2) is 44.2 Å². The van der Waals surface area contributed by atoms with Crippen LogP contribution < -0.4 is 10.1 Å². The van der Waals surface area contributed by atoms with Crippen LogP contribution in [-0.2, 0) is 0 Å². The van der Waals surface area contributed by atoms with Gasteiger partial charge in [-0.25, -0.2) is 0 Å². The fourth-order valence-corrected chi connectivity index (χ4v) is 2.07. The summed E-state index contributed by atoms with van der Waals surface area (Å²) in [5, 5.41) is 3.34. The van der Waals surface area contributed by atoms with Crippen molar-refractivity contribution in [2.45, 2.75) is 13.8 Å². The smallest absolute Gasteiger partial charge is 0.120 e. The molecule has 0 bridgehead atoms. The minimum atomic E-state index is 0.733. The van der Waals surface area contributed by atoms with Gasteiger partial charge in [-0.05, 0) is 31.3 Å². The number of halogens is 1. The van der Waals surface area contributed by atoms with Crippen LogP contribution in [0.1, 0.15) is 13.8 Å². The number of likely N-dealkylation sites (N-methyl/N-ethyl adjacent to an activating group) is 2. The molecule has 0 saturated carbocycles. The molecule has 102 valence electrons. The minimum absolute atomic E-state index is 0.733. The Morgan fingerprint density at radius 3 is 2.78 bits per heavy atom. The molecule has 0 aromatic heterocycles. The van der Waals surface area contributed by atoms with Crippen molar-refractivity contribution >= 4 is 15.9 Å². The van der Waals surface area contributed by atoms with E-state index in [0.29, 0.717) is 0 Å². The maximum atomic E-state index is 5.73. The van der Waals surface area contributed by atoms with Gasteiger partial charge in [0.25, 0.3) is 0 Å². The van der Waals surface area contributed by atoms with Crippen LogP contribution in [0.25, 0.3) is 0 Å². The fourth-order valence-electron chi connectivity index (χ4n) is 1.69. The molecule has 1 aromatic carbocycles. The molecule has 0 saturated heterocycles. The summed E-state index contributed by atoms with van der Waals surface area (Å²) in [6.07, 6.45) is 0. The van der Waals surface area contributed by atoms with Gasteiger partial charge >= 0.3 is 0 Å². The van der Waals surface area contributed by atoms with E-state index in [1.54, 1.807) is 0 Å². The van der Waals surface area contributed by atoms with Crippen molar-refractivity contribution in [2.75, 3.05) is 39.3 Å². The molecule has 1 aromatic rings. The molecular formula is C14H23BrN2O. The summed E-state index contributed by atoms with van der Waals surface area (Å²) in [5.74, 6) is 0.923. The Hall–Kier alpha value is -0.580. The molecule has 0 unspecified atom stereocenters. The Labute approximate surface area is 119 Å². The van der Waals surface area contributed by atoms with Gasteiger partial charge in [0.15, 0.2) is 0 Å². The zero-order valence-electron chi connectivity index (χ0n) is 11.3. The van der Waals surface area contributed by atoms with E-state index in [4.69, 9.17) is 4.74 Å². The maximum Gasteiger partial charge on any atom is 0.120 e. The van der Waals surface area contributed by atoms with E-state index < -0.39 is 0 Å². The van der Waals surface area contributed by atoms with E-state index in [1.807, 2.05) is 24.3 Å². The molecule has 3 nitrogen and oxygen atoms in total. The van der Waals surface area contributed by atoms with Crippen LogP contribution in [0.5, 0.6) is 5.75 Å². The molecule has 0 amide bonds. The predicted octanol–water partition coefficient (Wildman–Crippen LogP) is 2.76. The second kappa shape index (κ2) is 9.36. The monoisotopic (exact) mass is 314 g/mol. The van der Waals surface area contributed by atoms with Crippen molar-refractivity contribution in [2.24, 2.45) is 0 Å². The van der Waals surface area contributed by atoms with Crippen LogP contribution in [0.4, 0.5) is 0 Å². The lowest BCUT2D eigenvalue weighted by Crippen LogP contribution is -2.34. The quantitative estimate of drug-likeness (QED) is 0.709. The van der Waals surface area contributed by atoms with E-state index in [1.165, 1.54) is 0 Å². The number of nitrogens with one attached hydrogen (secondary N) is 1. The van der Waals surface area contributed by atoms with Crippen molar-refractivity contribution in [3.63, 3.8) is 0 Å². The van der Waals surface area contributed by atoms with Gasteiger partial charge in [-0.15, -0.1) is 0 Å². The van der Waals surface area contributed by atoms with E-state index in [2.05, 4.69) is 40.0 Å². The lowest BCUT2D eigenvalue weighted by atomic mass is 10.3. The van der Waals surface area contributed by atoms with Gasteiger partial charge in [0.1, 0.15) is 12.4 Å². The molecule has 0 atom stereocenters. The Morgan fingerprint density at radius 2 is 2.11 bits per heavy atom. The molecule has 4 heteroatoms. The van der Waals surface area contributed by atoms with E-state index in [-0.39, 0.29) is 0 Å². The molecule has 0 aliphatic rings. The summed E-state index contributed by atoms with van der Waals surface area (Å²) >= 11 is 3.44. The minimum Gasteiger partial charge on any atom is -0.492 e. The van der Waals surface area contributed by atoms with Gasteiger partial charge in [0.2, 0.25) is 0 Å². The van der Waals surface area contributed by atoms with Crippen molar-refractivity contribution in [3.8, 4) is 5.75 Å². The summed E-state index contributed by atoms with van der Waals surface area (Å²) in [6.45, 7) is 10.2. The molecule has 0 heterocycles. The summed E-state index contributed by atoms with van der Waals surface area (Å²) < 4.78 is 6.79. The highest BCUT2D eigenvalue weighted by atomic mass is 79.9. The summed E-state index contributed by atoms with van der Waals surface area (Å²) in [4.78, 5) is 2.39. The first-order chi connectivity index (χ1) is 8.76. The lowest BCUT2D eigenvalue weighted by Gasteiger charge is -2.20. The topological polar surface area (TPSA) is 24.5 Å². The third kappa shape index (κ3) is 6.38. The van der Waals surface area contributed by atoms with Crippen LogP contribution in [0.3, 0.4) is 0 Å². The Kier molecular flexibility index (Phi) is 8.05. The first-order valence-corrected chi connectivity index (χ1v) is 7.37. The van der Waals surface area contributed by atoms with Crippen molar-refractivity contribution in [1.29, 1.82) is 0 Å². The third-order valence-electron chi connectivity index (χ3n) is 2.77. The number of nitrogens with zero attached hydrogens (tertiary/aromatic N) is 1. The largest absolute Gasteiger partial charge is 0.492 e. The predicted molar refractivity (Wildman–Crippen MR) is 80.3 cm³/mol. The molecule has 0 spiro atoms. The highest BCUT2D eigenvalue weighted by molar-refractivity contribution is 9.10.